The van der Waals surface area contributed by atoms with E-state index in [0.29, 0.717) is 22.3 Å². The van der Waals surface area contributed by atoms with E-state index in [9.17, 15) is 4.79 Å². The molecule has 4 nitrogen and oxygen atoms in total. The number of urea groups is 1. The second-order valence-electron chi connectivity index (χ2n) is 5.80. The van der Waals surface area contributed by atoms with Crippen molar-refractivity contribution in [2.45, 2.75) is 13.0 Å². The van der Waals surface area contributed by atoms with Gasteiger partial charge in [-0.2, -0.15) is 0 Å². The van der Waals surface area contributed by atoms with Gasteiger partial charge in [0.2, 0.25) is 0 Å². The molecule has 0 aromatic heterocycles. The Labute approximate surface area is 151 Å². The van der Waals surface area contributed by atoms with Gasteiger partial charge in [0.25, 0.3) is 0 Å². The number of anilines is 1. The average Bonchev–Trinajstić information content (AvgIpc) is 2.58. The molecule has 6 heteroatoms. The van der Waals surface area contributed by atoms with E-state index in [1.165, 1.54) is 11.1 Å². The SMILES string of the molecule is O=C(NCCN1CCc2ccccc2C1)Nc1ccc(Cl)c(Cl)c1. The highest BCUT2D eigenvalue weighted by molar-refractivity contribution is 6.42. The Morgan fingerprint density at radius 3 is 2.67 bits per heavy atom. The number of hydrogen-bond donors (Lipinski definition) is 2. The van der Waals surface area contributed by atoms with Crippen molar-refractivity contribution in [2.24, 2.45) is 0 Å². The number of carbonyl (C=O) groups is 1. The molecule has 0 saturated carbocycles. The Balaban J connectivity index is 1.43. The minimum Gasteiger partial charge on any atom is -0.337 e. The van der Waals surface area contributed by atoms with E-state index in [1.54, 1.807) is 18.2 Å². The molecule has 0 atom stereocenters. The van der Waals surface area contributed by atoms with Crippen LogP contribution in [0.4, 0.5) is 10.5 Å². The molecule has 0 aliphatic carbocycles. The monoisotopic (exact) mass is 363 g/mol. The summed E-state index contributed by atoms with van der Waals surface area (Å²) < 4.78 is 0. The highest BCUT2D eigenvalue weighted by atomic mass is 35.5. The standard InChI is InChI=1S/C18H19Cl2N3O/c19-16-6-5-15(11-17(16)20)22-18(24)21-8-10-23-9-7-13-3-1-2-4-14(13)12-23/h1-6,11H,7-10,12H2,(H2,21,22,24). The second-order valence-corrected chi connectivity index (χ2v) is 6.62. The van der Waals surface area contributed by atoms with Gasteiger partial charge in [0.05, 0.1) is 10.0 Å². The van der Waals surface area contributed by atoms with Gasteiger partial charge >= 0.3 is 6.03 Å². The zero-order valence-electron chi connectivity index (χ0n) is 13.2. The lowest BCUT2D eigenvalue weighted by Gasteiger charge is -2.28. The number of carbonyl (C=O) groups excluding carboxylic acids is 1. The van der Waals surface area contributed by atoms with Crippen LogP contribution in [0.25, 0.3) is 0 Å². The Morgan fingerprint density at radius 1 is 1.08 bits per heavy atom. The molecule has 0 radical (unpaired) electrons. The van der Waals surface area contributed by atoms with E-state index in [-0.39, 0.29) is 6.03 Å². The minimum absolute atomic E-state index is 0.245. The third-order valence-electron chi connectivity index (χ3n) is 4.10. The van der Waals surface area contributed by atoms with Crippen LogP contribution < -0.4 is 10.6 Å². The van der Waals surface area contributed by atoms with Gasteiger partial charge in [0.15, 0.2) is 0 Å². The highest BCUT2D eigenvalue weighted by Crippen LogP contribution is 2.24. The summed E-state index contributed by atoms with van der Waals surface area (Å²) in [5.74, 6) is 0. The third kappa shape index (κ3) is 4.41. The molecule has 0 unspecified atom stereocenters. The first kappa shape index (κ1) is 17.1. The van der Waals surface area contributed by atoms with Gasteiger partial charge in [0.1, 0.15) is 0 Å². The van der Waals surface area contributed by atoms with Crippen molar-refractivity contribution in [1.82, 2.24) is 10.2 Å². The smallest absolute Gasteiger partial charge is 0.319 e. The van der Waals surface area contributed by atoms with Crippen LogP contribution in [0.1, 0.15) is 11.1 Å². The largest absolute Gasteiger partial charge is 0.337 e. The van der Waals surface area contributed by atoms with E-state index in [4.69, 9.17) is 23.2 Å². The van der Waals surface area contributed by atoms with Crippen LogP contribution in [-0.2, 0) is 13.0 Å². The minimum atomic E-state index is -0.245. The maximum atomic E-state index is 11.9. The van der Waals surface area contributed by atoms with Gasteiger partial charge < -0.3 is 10.6 Å². The fourth-order valence-electron chi connectivity index (χ4n) is 2.82. The van der Waals surface area contributed by atoms with Crippen LogP contribution in [-0.4, -0.2) is 30.6 Å². The summed E-state index contributed by atoms with van der Waals surface area (Å²) in [7, 11) is 0. The van der Waals surface area contributed by atoms with Crippen molar-refractivity contribution in [1.29, 1.82) is 0 Å². The molecule has 1 heterocycles. The summed E-state index contributed by atoms with van der Waals surface area (Å²) in [5.41, 5.74) is 3.43. The van der Waals surface area contributed by atoms with Crippen LogP contribution in [0.2, 0.25) is 10.0 Å². The predicted octanol–water partition coefficient (Wildman–Crippen LogP) is 4.17. The Bertz CT molecular complexity index is 736. The Morgan fingerprint density at radius 2 is 1.88 bits per heavy atom. The van der Waals surface area contributed by atoms with Crippen molar-refractivity contribution in [3.05, 3.63) is 63.6 Å². The van der Waals surface area contributed by atoms with Crippen molar-refractivity contribution < 1.29 is 4.79 Å². The normalized spacial score (nSPS) is 14.1. The number of halogens is 2. The zero-order chi connectivity index (χ0) is 16.9. The quantitative estimate of drug-likeness (QED) is 0.855. The molecular weight excluding hydrogens is 345 g/mol. The van der Waals surface area contributed by atoms with Gasteiger partial charge in [-0.15, -0.1) is 0 Å². The van der Waals surface area contributed by atoms with Gasteiger partial charge in [-0.25, -0.2) is 4.79 Å². The molecule has 2 aromatic rings. The number of nitrogens with zero attached hydrogens (tertiary/aromatic N) is 1. The van der Waals surface area contributed by atoms with Crippen molar-refractivity contribution in [3.8, 4) is 0 Å². The topological polar surface area (TPSA) is 44.4 Å². The average molecular weight is 364 g/mol. The number of fused-ring (bicyclic) bond motifs is 1. The third-order valence-corrected chi connectivity index (χ3v) is 4.84. The maximum absolute atomic E-state index is 11.9. The summed E-state index contributed by atoms with van der Waals surface area (Å²) in [4.78, 5) is 14.3. The van der Waals surface area contributed by atoms with Gasteiger partial charge in [-0.3, -0.25) is 4.90 Å². The number of amides is 2. The first-order valence-electron chi connectivity index (χ1n) is 7.91. The fourth-order valence-corrected chi connectivity index (χ4v) is 3.12. The van der Waals surface area contributed by atoms with Gasteiger partial charge in [-0.1, -0.05) is 47.5 Å². The first-order chi connectivity index (χ1) is 11.6. The van der Waals surface area contributed by atoms with Crippen molar-refractivity contribution in [3.63, 3.8) is 0 Å². The van der Waals surface area contributed by atoms with Crippen molar-refractivity contribution in [2.75, 3.05) is 25.0 Å². The molecule has 126 valence electrons. The lowest BCUT2D eigenvalue weighted by molar-refractivity contribution is 0.239. The predicted molar refractivity (Wildman–Crippen MR) is 98.9 cm³/mol. The molecule has 0 fully saturated rings. The summed E-state index contributed by atoms with van der Waals surface area (Å²) in [6.07, 6.45) is 1.06. The number of rotatable bonds is 4. The van der Waals surface area contributed by atoms with E-state index in [1.807, 2.05) is 0 Å². The van der Waals surface area contributed by atoms with E-state index >= 15 is 0 Å². The molecule has 2 aromatic carbocycles. The molecular formula is C18H19Cl2N3O. The molecule has 0 spiro atoms. The molecule has 1 aliphatic heterocycles. The molecule has 2 amide bonds. The van der Waals surface area contributed by atoms with Crippen LogP contribution in [0.3, 0.4) is 0 Å². The number of nitrogens with one attached hydrogen (secondary N) is 2. The summed E-state index contributed by atoms with van der Waals surface area (Å²) in [6, 6.07) is 13.3. The van der Waals surface area contributed by atoms with Crippen LogP contribution in [0.5, 0.6) is 0 Å². The van der Waals surface area contributed by atoms with Crippen LogP contribution in [0.15, 0.2) is 42.5 Å². The molecule has 0 bridgehead atoms. The molecule has 1 aliphatic rings. The second kappa shape index (κ2) is 7.88. The number of hydrogen-bond acceptors (Lipinski definition) is 2. The van der Waals surface area contributed by atoms with E-state index in [0.717, 1.165) is 26.1 Å². The Kier molecular flexibility index (Phi) is 5.61. The first-order valence-corrected chi connectivity index (χ1v) is 8.66. The lowest BCUT2D eigenvalue weighted by atomic mass is 10.00. The molecule has 0 saturated heterocycles. The fraction of sp³-hybridized carbons (Fsp3) is 0.278. The van der Waals surface area contributed by atoms with E-state index in [2.05, 4.69) is 39.8 Å². The molecule has 2 N–H and O–H groups in total. The molecule has 24 heavy (non-hydrogen) atoms. The van der Waals surface area contributed by atoms with Crippen molar-refractivity contribution >= 4 is 34.9 Å². The number of benzene rings is 2. The highest BCUT2D eigenvalue weighted by Gasteiger charge is 2.15. The lowest BCUT2D eigenvalue weighted by Crippen LogP contribution is -2.39. The van der Waals surface area contributed by atoms with Gasteiger partial charge in [-0.05, 0) is 35.7 Å². The van der Waals surface area contributed by atoms with Crippen LogP contribution >= 0.6 is 23.2 Å². The molecule has 3 rings (SSSR count). The summed E-state index contributed by atoms with van der Waals surface area (Å²) in [6.45, 7) is 3.37. The van der Waals surface area contributed by atoms with Gasteiger partial charge in [0, 0.05) is 31.9 Å². The summed E-state index contributed by atoms with van der Waals surface area (Å²) >= 11 is 11.8. The summed E-state index contributed by atoms with van der Waals surface area (Å²) in [5, 5.41) is 6.50. The zero-order valence-corrected chi connectivity index (χ0v) is 14.7. The van der Waals surface area contributed by atoms with E-state index < -0.39 is 0 Å². The maximum Gasteiger partial charge on any atom is 0.319 e. The van der Waals surface area contributed by atoms with Crippen LogP contribution in [0, 0.1) is 0 Å². The Hall–Kier alpha value is -1.75.